The third-order valence-corrected chi connectivity index (χ3v) is 2.12. The van der Waals surface area contributed by atoms with Crippen molar-refractivity contribution in [1.82, 2.24) is 0 Å². The van der Waals surface area contributed by atoms with Crippen LogP contribution < -0.4 is 11.5 Å². The zero-order valence-corrected chi connectivity index (χ0v) is 12.2. The van der Waals surface area contributed by atoms with Gasteiger partial charge >= 0.3 is 0 Å². The Balaban J connectivity index is -0.0000000771. The standard InChI is InChI=1S/2C7H7NO.5H2O/c2*8-7(9)6-4-2-1-3-5-6;;;;;/h2*1-5H,(H2,8,9);5*1H2. The summed E-state index contributed by atoms with van der Waals surface area (Å²) >= 11 is 0. The van der Waals surface area contributed by atoms with Crippen molar-refractivity contribution in [2.24, 2.45) is 11.5 Å². The molecule has 2 amide bonds. The molecule has 23 heavy (non-hydrogen) atoms. The summed E-state index contributed by atoms with van der Waals surface area (Å²) in [7, 11) is 0. The summed E-state index contributed by atoms with van der Waals surface area (Å²) in [6, 6.07) is 17.5. The van der Waals surface area contributed by atoms with Crippen molar-refractivity contribution in [3.05, 3.63) is 71.8 Å². The molecule has 0 bridgehead atoms. The molecule has 9 nitrogen and oxygen atoms in total. The number of rotatable bonds is 2. The molecule has 14 N–H and O–H groups in total. The van der Waals surface area contributed by atoms with Gasteiger partial charge in [0.2, 0.25) is 11.8 Å². The molecule has 0 saturated carbocycles. The number of carbonyl (C=O) groups excluding carboxylic acids is 2. The van der Waals surface area contributed by atoms with Gasteiger partial charge < -0.3 is 38.8 Å². The maximum absolute atomic E-state index is 10.4. The highest BCUT2D eigenvalue weighted by Gasteiger charge is 1.94. The van der Waals surface area contributed by atoms with E-state index in [1.807, 2.05) is 12.1 Å². The Labute approximate surface area is 133 Å². The second kappa shape index (κ2) is 17.2. The number of amides is 2. The highest BCUT2D eigenvalue weighted by molar-refractivity contribution is 5.93. The normalized spacial score (nSPS) is 6.96. The average Bonchev–Trinajstić information content (AvgIpc) is 2.41. The highest BCUT2D eigenvalue weighted by Crippen LogP contribution is 1.95. The number of hydrogen-bond donors (Lipinski definition) is 2. The Morgan fingerprint density at radius 3 is 0.870 bits per heavy atom. The summed E-state index contributed by atoms with van der Waals surface area (Å²) in [6.45, 7) is 0. The van der Waals surface area contributed by atoms with Crippen LogP contribution in [0, 0.1) is 0 Å². The van der Waals surface area contributed by atoms with Crippen LogP contribution in [-0.4, -0.2) is 39.2 Å². The fraction of sp³-hybridized carbons (Fsp3) is 0. The largest absolute Gasteiger partial charge is 0.412 e. The maximum Gasteiger partial charge on any atom is 0.248 e. The van der Waals surface area contributed by atoms with E-state index in [4.69, 9.17) is 11.5 Å². The Hall–Kier alpha value is -2.82. The van der Waals surface area contributed by atoms with Crippen LogP contribution in [0.4, 0.5) is 0 Å². The number of primary amides is 2. The van der Waals surface area contributed by atoms with Crippen LogP contribution in [0.1, 0.15) is 20.7 Å². The van der Waals surface area contributed by atoms with Gasteiger partial charge in [-0.15, -0.1) is 0 Å². The number of hydrogen-bond acceptors (Lipinski definition) is 2. The van der Waals surface area contributed by atoms with Crippen molar-refractivity contribution >= 4 is 11.8 Å². The van der Waals surface area contributed by atoms with Crippen LogP contribution in [0.3, 0.4) is 0 Å². The summed E-state index contributed by atoms with van der Waals surface area (Å²) in [5, 5.41) is 0. The lowest BCUT2D eigenvalue weighted by Gasteiger charge is -1.89. The minimum Gasteiger partial charge on any atom is -0.412 e. The van der Waals surface area contributed by atoms with E-state index in [2.05, 4.69) is 0 Å². The minimum absolute atomic E-state index is 0. The zero-order chi connectivity index (χ0) is 13.4. The SMILES string of the molecule is NC(=O)c1ccccc1.NC(=O)c1ccccc1.O.O.O.O.O. The van der Waals surface area contributed by atoms with Crippen molar-refractivity contribution < 1.29 is 37.0 Å². The van der Waals surface area contributed by atoms with Gasteiger partial charge in [-0.1, -0.05) is 36.4 Å². The lowest BCUT2D eigenvalue weighted by Crippen LogP contribution is -2.09. The fourth-order valence-electron chi connectivity index (χ4n) is 1.20. The lowest BCUT2D eigenvalue weighted by atomic mass is 10.2. The molecule has 0 unspecified atom stereocenters. The average molecular weight is 332 g/mol. The molecule has 132 valence electrons. The van der Waals surface area contributed by atoms with E-state index in [9.17, 15) is 9.59 Å². The van der Waals surface area contributed by atoms with Crippen LogP contribution in [0.15, 0.2) is 60.7 Å². The fourth-order valence-corrected chi connectivity index (χ4v) is 1.20. The van der Waals surface area contributed by atoms with E-state index in [0.717, 1.165) is 0 Å². The van der Waals surface area contributed by atoms with Gasteiger partial charge in [0, 0.05) is 11.1 Å². The second-order valence-corrected chi connectivity index (χ2v) is 3.46. The van der Waals surface area contributed by atoms with Gasteiger partial charge in [-0.05, 0) is 24.3 Å². The Kier molecular flexibility index (Phi) is 24.1. The van der Waals surface area contributed by atoms with Crippen LogP contribution in [0.2, 0.25) is 0 Å². The Bertz CT molecular complexity index is 472. The van der Waals surface area contributed by atoms with Crippen molar-refractivity contribution in [1.29, 1.82) is 0 Å². The molecule has 0 aliphatic rings. The Morgan fingerprint density at radius 1 is 0.522 bits per heavy atom. The van der Waals surface area contributed by atoms with E-state index in [0.29, 0.717) is 11.1 Å². The smallest absolute Gasteiger partial charge is 0.248 e. The van der Waals surface area contributed by atoms with E-state index in [1.54, 1.807) is 48.5 Å². The minimum atomic E-state index is -0.379. The van der Waals surface area contributed by atoms with Gasteiger partial charge in [0.1, 0.15) is 0 Å². The molecule has 0 atom stereocenters. The molecule has 0 heterocycles. The van der Waals surface area contributed by atoms with E-state index >= 15 is 0 Å². The first-order valence-corrected chi connectivity index (χ1v) is 5.31. The van der Waals surface area contributed by atoms with E-state index < -0.39 is 0 Å². The molecule has 0 radical (unpaired) electrons. The van der Waals surface area contributed by atoms with Gasteiger partial charge in [-0.2, -0.15) is 0 Å². The molecular formula is C14H24N2O7. The van der Waals surface area contributed by atoms with Gasteiger partial charge in [-0.3, -0.25) is 9.59 Å². The molecule has 0 fully saturated rings. The quantitative estimate of drug-likeness (QED) is 0.602. The molecule has 9 heteroatoms. The zero-order valence-electron chi connectivity index (χ0n) is 12.2. The summed E-state index contributed by atoms with van der Waals surface area (Å²) < 4.78 is 0. The van der Waals surface area contributed by atoms with Crippen molar-refractivity contribution in [2.75, 3.05) is 0 Å². The van der Waals surface area contributed by atoms with Gasteiger partial charge in [-0.25, -0.2) is 0 Å². The molecule has 0 spiro atoms. The molecular weight excluding hydrogens is 308 g/mol. The third-order valence-electron chi connectivity index (χ3n) is 2.12. The summed E-state index contributed by atoms with van der Waals surface area (Å²) in [5.41, 5.74) is 11.1. The van der Waals surface area contributed by atoms with Gasteiger partial charge in [0.05, 0.1) is 0 Å². The summed E-state index contributed by atoms with van der Waals surface area (Å²) in [6.07, 6.45) is 0. The van der Waals surface area contributed by atoms with Crippen LogP contribution in [0.5, 0.6) is 0 Å². The second-order valence-electron chi connectivity index (χ2n) is 3.46. The number of nitrogens with two attached hydrogens (primary N) is 2. The van der Waals surface area contributed by atoms with Crippen LogP contribution in [-0.2, 0) is 0 Å². The lowest BCUT2D eigenvalue weighted by molar-refractivity contribution is 0.0992. The van der Waals surface area contributed by atoms with Crippen molar-refractivity contribution in [3.8, 4) is 0 Å². The summed E-state index contributed by atoms with van der Waals surface area (Å²) in [4.78, 5) is 20.8. The van der Waals surface area contributed by atoms with Crippen LogP contribution >= 0.6 is 0 Å². The third kappa shape index (κ3) is 12.6. The van der Waals surface area contributed by atoms with Gasteiger partial charge in [0.15, 0.2) is 0 Å². The monoisotopic (exact) mass is 332 g/mol. The van der Waals surface area contributed by atoms with E-state index in [-0.39, 0.29) is 39.2 Å². The first kappa shape index (κ1) is 32.2. The predicted octanol–water partition coefficient (Wildman–Crippen LogP) is -2.55. The molecule has 0 aromatic heterocycles. The van der Waals surface area contributed by atoms with E-state index in [1.165, 1.54) is 0 Å². The molecule has 0 aliphatic heterocycles. The van der Waals surface area contributed by atoms with Crippen molar-refractivity contribution in [2.45, 2.75) is 0 Å². The first-order valence-electron chi connectivity index (χ1n) is 5.31. The molecule has 2 aromatic rings. The first-order chi connectivity index (χ1) is 8.61. The highest BCUT2D eigenvalue weighted by atomic mass is 16.1. The molecule has 2 aromatic carbocycles. The predicted molar refractivity (Wildman–Crippen MR) is 88.0 cm³/mol. The number of carbonyl (C=O) groups is 2. The maximum atomic E-state index is 10.4. The van der Waals surface area contributed by atoms with Crippen LogP contribution in [0.25, 0.3) is 0 Å². The van der Waals surface area contributed by atoms with Gasteiger partial charge in [0.25, 0.3) is 0 Å². The molecule has 0 aliphatic carbocycles. The Morgan fingerprint density at radius 2 is 0.739 bits per heavy atom. The molecule has 2 rings (SSSR count). The molecule has 0 saturated heterocycles. The topological polar surface area (TPSA) is 244 Å². The van der Waals surface area contributed by atoms with Crippen molar-refractivity contribution in [3.63, 3.8) is 0 Å². The summed E-state index contributed by atoms with van der Waals surface area (Å²) in [5.74, 6) is -0.758. The number of benzene rings is 2.